The molecule has 96 valence electrons. The van der Waals surface area contributed by atoms with Crippen LogP contribution in [0.4, 0.5) is 0 Å². The van der Waals surface area contributed by atoms with Crippen molar-refractivity contribution in [3.63, 3.8) is 0 Å². The summed E-state index contributed by atoms with van der Waals surface area (Å²) in [5.74, 6) is 1.08. The highest BCUT2D eigenvalue weighted by Crippen LogP contribution is 2.22. The molecule has 1 saturated heterocycles. The second-order valence-electron chi connectivity index (χ2n) is 3.91. The summed E-state index contributed by atoms with van der Waals surface area (Å²) in [6, 6.07) is 6.69. The van der Waals surface area contributed by atoms with Crippen LogP contribution in [0.2, 0.25) is 0 Å². The lowest BCUT2D eigenvalue weighted by atomic mass is 10.1. The first-order chi connectivity index (χ1) is 8.72. The van der Waals surface area contributed by atoms with E-state index in [4.69, 9.17) is 4.74 Å². The van der Waals surface area contributed by atoms with E-state index in [0.717, 1.165) is 5.75 Å². The molecule has 0 unspecified atom stereocenters. The Bertz CT molecular complexity index is 461. The Balaban J connectivity index is 2.10. The topological polar surface area (TPSA) is 55.4 Å². The van der Waals surface area contributed by atoms with Crippen molar-refractivity contribution in [2.24, 2.45) is 0 Å². The van der Waals surface area contributed by atoms with Gasteiger partial charge in [-0.15, -0.1) is 0 Å². The SMILES string of the molecule is CCOc1ccccc1C(=O)N[C@@H]1CCSC1=O. The fourth-order valence-electron chi connectivity index (χ4n) is 1.80. The Kier molecular flexibility index (Phi) is 4.25. The molecule has 1 heterocycles. The van der Waals surface area contributed by atoms with E-state index in [1.165, 1.54) is 11.8 Å². The summed E-state index contributed by atoms with van der Waals surface area (Å²) in [5.41, 5.74) is 0.476. The van der Waals surface area contributed by atoms with E-state index in [1.807, 2.05) is 13.0 Å². The monoisotopic (exact) mass is 265 g/mol. The highest BCUT2D eigenvalue weighted by molar-refractivity contribution is 8.14. The van der Waals surface area contributed by atoms with E-state index < -0.39 is 0 Å². The Morgan fingerprint density at radius 1 is 1.50 bits per heavy atom. The number of rotatable bonds is 4. The fraction of sp³-hybridized carbons (Fsp3) is 0.385. The molecule has 1 N–H and O–H groups in total. The number of amides is 1. The molecule has 1 amide bonds. The smallest absolute Gasteiger partial charge is 0.255 e. The number of carbonyl (C=O) groups excluding carboxylic acids is 2. The standard InChI is InChI=1S/C13H15NO3S/c1-2-17-11-6-4-3-5-9(11)12(15)14-10-7-8-18-13(10)16/h3-6,10H,2,7-8H2,1H3,(H,14,15)/t10-/m1/s1. The van der Waals surface area contributed by atoms with Crippen molar-refractivity contribution in [1.82, 2.24) is 5.32 Å². The first-order valence-corrected chi connectivity index (χ1v) is 6.90. The largest absolute Gasteiger partial charge is 0.493 e. The number of nitrogens with one attached hydrogen (secondary N) is 1. The van der Waals surface area contributed by atoms with Crippen molar-refractivity contribution in [2.75, 3.05) is 12.4 Å². The molecule has 0 radical (unpaired) electrons. The van der Waals surface area contributed by atoms with Crippen molar-refractivity contribution in [2.45, 2.75) is 19.4 Å². The third-order valence-corrected chi connectivity index (χ3v) is 3.68. The Labute approximate surface area is 110 Å². The third-order valence-electron chi connectivity index (χ3n) is 2.67. The van der Waals surface area contributed by atoms with E-state index in [-0.39, 0.29) is 17.1 Å². The van der Waals surface area contributed by atoms with Crippen LogP contribution < -0.4 is 10.1 Å². The van der Waals surface area contributed by atoms with Crippen LogP contribution >= 0.6 is 11.8 Å². The van der Waals surface area contributed by atoms with Crippen LogP contribution in [0.3, 0.4) is 0 Å². The lowest BCUT2D eigenvalue weighted by molar-refractivity contribution is -0.112. The molecule has 1 aliphatic heterocycles. The summed E-state index contributed by atoms with van der Waals surface area (Å²) in [6.45, 7) is 2.37. The van der Waals surface area contributed by atoms with E-state index in [9.17, 15) is 9.59 Å². The molecule has 2 rings (SSSR count). The molecule has 0 bridgehead atoms. The van der Waals surface area contributed by atoms with Crippen LogP contribution in [0.15, 0.2) is 24.3 Å². The van der Waals surface area contributed by atoms with Crippen molar-refractivity contribution in [3.8, 4) is 5.75 Å². The van der Waals surface area contributed by atoms with Gasteiger partial charge in [-0.3, -0.25) is 9.59 Å². The number of hydrogen-bond donors (Lipinski definition) is 1. The Morgan fingerprint density at radius 3 is 2.94 bits per heavy atom. The minimum atomic E-state index is -0.364. The predicted molar refractivity (Wildman–Crippen MR) is 70.9 cm³/mol. The van der Waals surface area contributed by atoms with Gasteiger partial charge in [0, 0.05) is 5.75 Å². The quantitative estimate of drug-likeness (QED) is 0.902. The zero-order chi connectivity index (χ0) is 13.0. The Morgan fingerprint density at radius 2 is 2.28 bits per heavy atom. The number of para-hydroxylation sites is 1. The molecular weight excluding hydrogens is 250 g/mol. The molecule has 0 spiro atoms. The van der Waals surface area contributed by atoms with Crippen molar-refractivity contribution in [1.29, 1.82) is 0 Å². The van der Waals surface area contributed by atoms with Crippen molar-refractivity contribution < 1.29 is 14.3 Å². The number of hydrogen-bond acceptors (Lipinski definition) is 4. The van der Waals surface area contributed by atoms with Crippen LogP contribution in [0.1, 0.15) is 23.7 Å². The van der Waals surface area contributed by atoms with Gasteiger partial charge in [-0.25, -0.2) is 0 Å². The predicted octanol–water partition coefficient (Wildman–Crippen LogP) is 1.85. The summed E-state index contributed by atoms with van der Waals surface area (Å²) in [6.07, 6.45) is 0.700. The van der Waals surface area contributed by atoms with Gasteiger partial charge < -0.3 is 10.1 Å². The van der Waals surface area contributed by atoms with Gasteiger partial charge in [0.1, 0.15) is 5.75 Å². The molecule has 1 aromatic rings. The van der Waals surface area contributed by atoms with Gasteiger partial charge in [0.05, 0.1) is 18.2 Å². The molecule has 5 heteroatoms. The van der Waals surface area contributed by atoms with E-state index >= 15 is 0 Å². The van der Waals surface area contributed by atoms with Crippen LogP contribution in [0, 0.1) is 0 Å². The molecule has 4 nitrogen and oxygen atoms in total. The molecule has 18 heavy (non-hydrogen) atoms. The minimum Gasteiger partial charge on any atom is -0.493 e. The van der Waals surface area contributed by atoms with Crippen LogP contribution in [0.25, 0.3) is 0 Å². The molecule has 0 saturated carbocycles. The molecule has 0 aliphatic carbocycles. The molecule has 1 atom stereocenters. The first-order valence-electron chi connectivity index (χ1n) is 5.91. The number of ether oxygens (including phenoxy) is 1. The van der Waals surface area contributed by atoms with Gasteiger partial charge in [0.15, 0.2) is 0 Å². The summed E-state index contributed by atoms with van der Waals surface area (Å²) in [7, 11) is 0. The molecule has 0 aromatic heterocycles. The average Bonchev–Trinajstić information content (AvgIpc) is 2.76. The highest BCUT2D eigenvalue weighted by Gasteiger charge is 2.27. The third kappa shape index (κ3) is 2.85. The van der Waals surface area contributed by atoms with Crippen molar-refractivity contribution >= 4 is 22.8 Å². The molecule has 1 aromatic carbocycles. The van der Waals surface area contributed by atoms with Gasteiger partial charge >= 0.3 is 0 Å². The second-order valence-corrected chi connectivity index (χ2v) is 5.01. The van der Waals surface area contributed by atoms with Crippen molar-refractivity contribution in [3.05, 3.63) is 29.8 Å². The average molecular weight is 265 g/mol. The number of thioether (sulfide) groups is 1. The maximum atomic E-state index is 12.1. The molecule has 1 fully saturated rings. The summed E-state index contributed by atoms with van der Waals surface area (Å²) in [5, 5.41) is 2.79. The molecular formula is C13H15NO3S. The maximum absolute atomic E-state index is 12.1. The van der Waals surface area contributed by atoms with E-state index in [0.29, 0.717) is 24.3 Å². The zero-order valence-corrected chi connectivity index (χ0v) is 11.0. The Hall–Kier alpha value is -1.49. The van der Waals surface area contributed by atoms with Crippen LogP contribution in [-0.2, 0) is 4.79 Å². The van der Waals surface area contributed by atoms with Gasteiger partial charge in [0.2, 0.25) is 5.12 Å². The van der Waals surface area contributed by atoms with E-state index in [1.54, 1.807) is 18.2 Å². The number of benzene rings is 1. The second kappa shape index (κ2) is 5.91. The minimum absolute atomic E-state index is 0.0391. The van der Waals surface area contributed by atoms with Gasteiger partial charge in [-0.2, -0.15) is 0 Å². The van der Waals surface area contributed by atoms with E-state index in [2.05, 4.69) is 5.32 Å². The summed E-state index contributed by atoms with van der Waals surface area (Å²) in [4.78, 5) is 23.6. The normalized spacial score (nSPS) is 18.7. The highest BCUT2D eigenvalue weighted by atomic mass is 32.2. The molecule has 1 aliphatic rings. The first kappa shape index (κ1) is 13.0. The van der Waals surface area contributed by atoms with Crippen LogP contribution in [-0.4, -0.2) is 29.4 Å². The van der Waals surface area contributed by atoms with Gasteiger partial charge in [-0.05, 0) is 25.5 Å². The van der Waals surface area contributed by atoms with Crippen LogP contribution in [0.5, 0.6) is 5.75 Å². The lowest BCUT2D eigenvalue weighted by Crippen LogP contribution is -2.37. The fourth-order valence-corrected chi connectivity index (χ4v) is 2.73. The zero-order valence-electron chi connectivity index (χ0n) is 10.1. The summed E-state index contributed by atoms with van der Waals surface area (Å²) < 4.78 is 5.40. The van der Waals surface area contributed by atoms with Gasteiger partial charge in [0.25, 0.3) is 5.91 Å². The lowest BCUT2D eigenvalue weighted by Gasteiger charge is -2.13. The number of carbonyl (C=O) groups is 2. The van der Waals surface area contributed by atoms with Gasteiger partial charge in [-0.1, -0.05) is 23.9 Å². The maximum Gasteiger partial charge on any atom is 0.255 e. The summed E-state index contributed by atoms with van der Waals surface area (Å²) >= 11 is 1.27.